The summed E-state index contributed by atoms with van der Waals surface area (Å²) in [6.07, 6.45) is 12.8. The number of carbonyl (C=O) groups is 2. The van der Waals surface area contributed by atoms with Crippen LogP contribution in [0.25, 0.3) is 32.7 Å². The number of nitrogens with one attached hydrogen (secondary N) is 1. The van der Waals surface area contributed by atoms with E-state index in [0.29, 0.717) is 18.6 Å². The second-order valence-corrected chi connectivity index (χ2v) is 11.5. The van der Waals surface area contributed by atoms with Crippen molar-refractivity contribution in [3.05, 3.63) is 86.0 Å². The summed E-state index contributed by atoms with van der Waals surface area (Å²) >= 11 is 2.15. The van der Waals surface area contributed by atoms with Crippen molar-refractivity contribution in [3.63, 3.8) is 0 Å². The highest BCUT2D eigenvalue weighted by atomic mass is 127. The number of nitrogens with zero attached hydrogens (tertiary/aromatic N) is 5. The average molecular weight is 755 g/mol. The smallest absolute Gasteiger partial charge is 0.524 e. The fourth-order valence-electron chi connectivity index (χ4n) is 4.01. The van der Waals surface area contributed by atoms with Gasteiger partial charge in [0.2, 0.25) is 0 Å². The summed E-state index contributed by atoms with van der Waals surface area (Å²) in [5.74, 6) is 0.166. The van der Waals surface area contributed by atoms with Gasteiger partial charge in [0, 0.05) is 77.3 Å². The first-order valence-electron chi connectivity index (χ1n) is 14.1. The van der Waals surface area contributed by atoms with Crippen molar-refractivity contribution in [2.75, 3.05) is 4.93 Å². The molecule has 0 aliphatic heterocycles. The number of aromatic nitrogens is 6. The van der Waals surface area contributed by atoms with E-state index in [2.05, 4.69) is 42.5 Å². The van der Waals surface area contributed by atoms with Gasteiger partial charge < -0.3 is 24.1 Å². The van der Waals surface area contributed by atoms with E-state index >= 15 is 0 Å². The zero-order valence-electron chi connectivity index (χ0n) is 26.8. The molecule has 14 heteroatoms. The van der Waals surface area contributed by atoms with Gasteiger partial charge in [0.05, 0.1) is 11.0 Å². The van der Waals surface area contributed by atoms with E-state index in [1.54, 1.807) is 76.2 Å². The molecule has 0 amide bonds. The number of pyridine rings is 3. The molecule has 0 fully saturated rings. The van der Waals surface area contributed by atoms with E-state index in [1.807, 2.05) is 56.3 Å². The zero-order valence-corrected chi connectivity index (χ0v) is 28.9. The van der Waals surface area contributed by atoms with Crippen molar-refractivity contribution in [2.45, 2.75) is 60.2 Å². The first-order chi connectivity index (χ1) is 21.9. The molecule has 0 saturated heterocycles. The quantitative estimate of drug-likeness (QED) is 0.103. The van der Waals surface area contributed by atoms with Crippen LogP contribution in [-0.2, 0) is 9.47 Å². The molecule has 249 valence electrons. The van der Waals surface area contributed by atoms with Crippen LogP contribution in [-0.4, -0.2) is 70.1 Å². The minimum absolute atomic E-state index is 0. The fraction of sp³-hybridized carbons (Fsp3) is 0.303. The molecule has 0 saturated carbocycles. The van der Waals surface area contributed by atoms with Gasteiger partial charge in [0.25, 0.3) is 0 Å². The Morgan fingerprint density at radius 2 is 1.34 bits per heavy atom. The SMILES string of the molecule is C.CC(C)(C)OC(=O)n1c(O[B]O)cc2cnccc21.CC(C)(C)OC(=O)n1ccc2cnccc21.CI.c1cc2[nH]ccc2cn1. The van der Waals surface area contributed by atoms with E-state index in [1.165, 1.54) is 9.13 Å². The van der Waals surface area contributed by atoms with Gasteiger partial charge >= 0.3 is 19.9 Å². The summed E-state index contributed by atoms with van der Waals surface area (Å²) < 4.78 is 18.3. The number of hydrogen-bond donors (Lipinski definition) is 2. The highest BCUT2D eigenvalue weighted by Crippen LogP contribution is 2.26. The third kappa shape index (κ3) is 11.1. The maximum absolute atomic E-state index is 12.2. The van der Waals surface area contributed by atoms with E-state index in [-0.39, 0.29) is 19.4 Å². The summed E-state index contributed by atoms with van der Waals surface area (Å²) in [6, 6.07) is 10.9. The monoisotopic (exact) mass is 755 g/mol. The van der Waals surface area contributed by atoms with Crippen LogP contribution in [0.5, 0.6) is 5.88 Å². The molecule has 0 atom stereocenters. The number of hydrogen-bond acceptors (Lipinski definition) is 9. The molecule has 0 aliphatic carbocycles. The molecule has 0 aliphatic rings. The van der Waals surface area contributed by atoms with Crippen LogP contribution >= 0.6 is 22.6 Å². The molecular weight excluding hydrogens is 714 g/mol. The van der Waals surface area contributed by atoms with Gasteiger partial charge in [-0.3, -0.25) is 19.5 Å². The van der Waals surface area contributed by atoms with Crippen LogP contribution in [0.2, 0.25) is 0 Å². The summed E-state index contributed by atoms with van der Waals surface area (Å²) in [5, 5.41) is 11.6. The van der Waals surface area contributed by atoms with Crippen LogP contribution in [0.1, 0.15) is 49.0 Å². The van der Waals surface area contributed by atoms with Crippen molar-refractivity contribution in [3.8, 4) is 5.88 Å². The minimum Gasteiger partial charge on any atom is -0.524 e. The van der Waals surface area contributed by atoms with Crippen molar-refractivity contribution in [1.29, 1.82) is 0 Å². The second kappa shape index (κ2) is 17.5. The van der Waals surface area contributed by atoms with Crippen LogP contribution < -0.4 is 4.65 Å². The Hall–Kier alpha value is -4.44. The first kappa shape index (κ1) is 38.7. The summed E-state index contributed by atoms with van der Waals surface area (Å²) in [6.45, 7) is 10.9. The Morgan fingerprint density at radius 3 is 1.94 bits per heavy atom. The highest BCUT2D eigenvalue weighted by molar-refractivity contribution is 14.1. The summed E-state index contributed by atoms with van der Waals surface area (Å²) in [7, 11) is 0.516. The molecule has 0 unspecified atom stereocenters. The van der Waals surface area contributed by atoms with Crippen LogP contribution in [0, 0.1) is 0 Å². The van der Waals surface area contributed by atoms with Gasteiger partial charge in [-0.2, -0.15) is 0 Å². The van der Waals surface area contributed by atoms with E-state index in [4.69, 9.17) is 19.2 Å². The Labute approximate surface area is 288 Å². The number of ether oxygens (including phenoxy) is 2. The van der Waals surface area contributed by atoms with Crippen molar-refractivity contribution < 1.29 is 28.7 Å². The molecular formula is C33H41BIN6O6. The molecule has 6 aromatic heterocycles. The molecule has 12 nitrogen and oxygen atoms in total. The number of rotatable bonds is 2. The first-order valence-corrected chi connectivity index (χ1v) is 16.2. The van der Waals surface area contributed by atoms with Gasteiger partial charge in [-0.15, -0.1) is 0 Å². The lowest BCUT2D eigenvalue weighted by molar-refractivity contribution is 0.0528. The number of H-pyrrole nitrogens is 1. The Kier molecular flexibility index (Phi) is 14.4. The topological polar surface area (TPSA) is 146 Å². The third-order valence-corrected chi connectivity index (χ3v) is 5.75. The molecule has 47 heavy (non-hydrogen) atoms. The maximum atomic E-state index is 12.2. The molecule has 0 aromatic carbocycles. The van der Waals surface area contributed by atoms with Crippen molar-refractivity contribution in [1.82, 2.24) is 29.1 Å². The molecule has 6 rings (SSSR count). The number of carbonyl (C=O) groups excluding carboxylic acids is 2. The molecule has 6 aromatic rings. The van der Waals surface area contributed by atoms with Crippen molar-refractivity contribution in [2.24, 2.45) is 0 Å². The summed E-state index contributed by atoms with van der Waals surface area (Å²) in [5.41, 5.74) is 1.44. The molecule has 0 spiro atoms. The van der Waals surface area contributed by atoms with Crippen molar-refractivity contribution >= 4 is 75.2 Å². The number of fused-ring (bicyclic) bond motifs is 3. The average Bonchev–Trinajstić information content (AvgIpc) is 3.74. The third-order valence-electron chi connectivity index (χ3n) is 5.75. The fourth-order valence-corrected chi connectivity index (χ4v) is 4.01. The Bertz CT molecular complexity index is 1840. The van der Waals surface area contributed by atoms with E-state index in [0.717, 1.165) is 21.8 Å². The van der Waals surface area contributed by atoms with Crippen LogP contribution in [0.4, 0.5) is 9.59 Å². The largest absolute Gasteiger partial charge is 0.570 e. The standard InChI is InChI=1S/C12H14BN2O4.C12H14N2O2.C7H6N2.CH3I.CH4/c1-12(2,3)18-11(16)15-9-4-5-14-7-8(9)6-10(15)19-13-17;1-12(2,3)16-11(15)14-7-5-9-8-13-6-4-10(9)14;1-4-9-7-2-3-8-5-6(1)7;1-2;/h4-7,17H,1-3H3;4-8H,1-3H3;1-5,9H;1H3;1H4. The summed E-state index contributed by atoms with van der Waals surface area (Å²) in [4.78, 5) is 41.0. The molecule has 6 heterocycles. The lowest BCUT2D eigenvalue weighted by Gasteiger charge is -2.20. The molecule has 1 radical (unpaired) electrons. The Morgan fingerprint density at radius 1 is 0.787 bits per heavy atom. The van der Waals surface area contributed by atoms with E-state index < -0.39 is 17.3 Å². The minimum atomic E-state index is -0.624. The second-order valence-electron chi connectivity index (χ2n) is 11.5. The van der Waals surface area contributed by atoms with Gasteiger partial charge in [0.15, 0.2) is 5.88 Å². The number of alkyl halides is 1. The lowest BCUT2D eigenvalue weighted by atomic mass is 10.2. The van der Waals surface area contributed by atoms with Gasteiger partial charge in [-0.1, -0.05) is 30.0 Å². The zero-order chi connectivity index (χ0) is 33.9. The lowest BCUT2D eigenvalue weighted by Crippen LogP contribution is -2.27. The van der Waals surface area contributed by atoms with Crippen LogP contribution in [0.15, 0.2) is 86.0 Å². The predicted octanol–water partition coefficient (Wildman–Crippen LogP) is 7.79. The highest BCUT2D eigenvalue weighted by Gasteiger charge is 2.23. The van der Waals surface area contributed by atoms with Gasteiger partial charge in [-0.25, -0.2) is 14.2 Å². The number of aromatic amines is 1. The number of halogens is 1. The van der Waals surface area contributed by atoms with Gasteiger partial charge in [0.1, 0.15) is 11.2 Å². The maximum Gasteiger partial charge on any atom is 0.570 e. The molecule has 2 N–H and O–H groups in total. The Balaban J connectivity index is 0.000000248. The van der Waals surface area contributed by atoms with Crippen LogP contribution in [0.3, 0.4) is 0 Å². The van der Waals surface area contributed by atoms with E-state index in [9.17, 15) is 9.59 Å². The predicted molar refractivity (Wildman–Crippen MR) is 194 cm³/mol. The van der Waals surface area contributed by atoms with Gasteiger partial charge in [-0.05, 0) is 76.8 Å². The molecule has 0 bridgehead atoms. The normalized spacial score (nSPS) is 10.7.